The number of allylic oxidation sites excluding steroid dienone is 4. The van der Waals surface area contributed by atoms with Crippen LogP contribution in [-0.2, 0) is 4.74 Å². The third kappa shape index (κ3) is 2.69. The van der Waals surface area contributed by atoms with Gasteiger partial charge in [-0.3, -0.25) is 0 Å². The van der Waals surface area contributed by atoms with Gasteiger partial charge in [0.2, 0.25) is 0 Å². The molecule has 0 saturated carbocycles. The number of hydrogen-bond acceptors (Lipinski definition) is 3. The van der Waals surface area contributed by atoms with E-state index in [4.69, 9.17) is 28.6 Å². The third-order valence-electron chi connectivity index (χ3n) is 1.15. The molecule has 1 nitrogen and oxygen atoms in total. The molecule has 0 saturated heterocycles. The van der Waals surface area contributed by atoms with E-state index in [1.165, 1.54) is 0 Å². The summed E-state index contributed by atoms with van der Waals surface area (Å²) in [7, 11) is 0. The predicted molar refractivity (Wildman–Crippen MR) is 54.0 cm³/mol. The zero-order chi connectivity index (χ0) is 8.27. The Kier molecular flexibility index (Phi) is 3.17. The first-order valence-electron chi connectivity index (χ1n) is 2.97. The fourth-order valence-corrected chi connectivity index (χ4v) is 1.08. The summed E-state index contributed by atoms with van der Waals surface area (Å²) in [4.78, 5) is 0.732. The van der Waals surface area contributed by atoms with Crippen molar-refractivity contribution in [2.45, 2.75) is 6.42 Å². The van der Waals surface area contributed by atoms with Gasteiger partial charge in [-0.15, -0.1) is 0 Å². The first kappa shape index (κ1) is 8.84. The second kappa shape index (κ2) is 3.95. The molecule has 0 heterocycles. The average Bonchev–Trinajstić information content (AvgIpc) is 1.93. The minimum atomic E-state index is -0.0195. The lowest BCUT2D eigenvalue weighted by atomic mass is 10.2. The quantitative estimate of drug-likeness (QED) is 0.480. The molecule has 0 aliphatic heterocycles. The van der Waals surface area contributed by atoms with Gasteiger partial charge in [0.05, 0.1) is 4.86 Å². The summed E-state index contributed by atoms with van der Waals surface area (Å²) >= 11 is 14.9. The second-order valence-corrected chi connectivity index (χ2v) is 3.36. The molecule has 0 spiro atoms. The Morgan fingerprint density at radius 3 is 2.91 bits per heavy atom. The zero-order valence-corrected chi connectivity index (χ0v) is 7.93. The van der Waals surface area contributed by atoms with Crippen LogP contribution in [0.1, 0.15) is 6.42 Å². The summed E-state index contributed by atoms with van der Waals surface area (Å²) in [5.41, 5.74) is 0. The van der Waals surface area contributed by atoms with E-state index in [0.717, 1.165) is 11.3 Å². The molecule has 11 heavy (non-hydrogen) atoms. The van der Waals surface area contributed by atoms with Gasteiger partial charge >= 0.3 is 0 Å². The van der Waals surface area contributed by atoms with E-state index in [9.17, 15) is 0 Å². The first-order valence-corrected chi connectivity index (χ1v) is 4.17. The Hall–Kier alpha value is -0.250. The van der Waals surface area contributed by atoms with Crippen molar-refractivity contribution in [1.29, 1.82) is 0 Å². The van der Waals surface area contributed by atoms with Crippen molar-refractivity contribution in [1.82, 2.24) is 0 Å². The molecule has 0 atom stereocenters. The van der Waals surface area contributed by atoms with E-state index in [1.54, 1.807) is 6.08 Å². The van der Waals surface area contributed by atoms with Crippen LogP contribution < -0.4 is 0 Å². The summed E-state index contributed by atoms with van der Waals surface area (Å²) in [6, 6.07) is 0. The van der Waals surface area contributed by atoms with E-state index in [0.29, 0.717) is 5.76 Å². The van der Waals surface area contributed by atoms with Crippen molar-refractivity contribution in [3.63, 3.8) is 0 Å². The summed E-state index contributed by atoms with van der Waals surface area (Å²) < 4.78 is 4.95. The Bertz CT molecular complexity index is 255. The van der Waals surface area contributed by atoms with Gasteiger partial charge in [0.25, 0.3) is 4.51 Å². The topological polar surface area (TPSA) is 9.23 Å². The van der Waals surface area contributed by atoms with Gasteiger partial charge in [-0.05, 0) is 29.9 Å². The molecular formula is C7H5ClOS2. The van der Waals surface area contributed by atoms with E-state index in [-0.39, 0.29) is 4.51 Å². The first-order chi connectivity index (χ1) is 5.20. The maximum Gasteiger partial charge on any atom is 0.260 e. The number of rotatable bonds is 1. The average molecular weight is 205 g/mol. The lowest BCUT2D eigenvalue weighted by molar-refractivity contribution is 0.467. The Morgan fingerprint density at radius 1 is 1.64 bits per heavy atom. The summed E-state index contributed by atoms with van der Waals surface area (Å²) in [5, 5.41) is 0. The van der Waals surface area contributed by atoms with Crippen LogP contribution in [0.2, 0.25) is 0 Å². The molecule has 58 valence electrons. The largest absolute Gasteiger partial charge is 0.435 e. The van der Waals surface area contributed by atoms with Crippen molar-refractivity contribution >= 4 is 45.4 Å². The van der Waals surface area contributed by atoms with Crippen molar-refractivity contribution in [2.24, 2.45) is 0 Å². The van der Waals surface area contributed by atoms with Crippen LogP contribution in [0.25, 0.3) is 0 Å². The minimum Gasteiger partial charge on any atom is -0.435 e. The zero-order valence-electron chi connectivity index (χ0n) is 5.54. The van der Waals surface area contributed by atoms with Crippen molar-refractivity contribution in [3.8, 4) is 0 Å². The van der Waals surface area contributed by atoms with Crippen LogP contribution in [0.3, 0.4) is 0 Å². The van der Waals surface area contributed by atoms with E-state index >= 15 is 0 Å². The van der Waals surface area contributed by atoms with Crippen LogP contribution in [-0.4, -0.2) is 9.37 Å². The molecule has 0 radical (unpaired) electrons. The molecule has 0 aromatic carbocycles. The molecule has 1 rings (SSSR count). The van der Waals surface area contributed by atoms with Gasteiger partial charge in [-0.2, -0.15) is 0 Å². The minimum absolute atomic E-state index is 0.0195. The number of hydrogen-bond donors (Lipinski definition) is 0. The van der Waals surface area contributed by atoms with Crippen LogP contribution in [0.15, 0.2) is 24.0 Å². The standard InChI is InChI=1S/C7H5ClOS2/c8-7(11)9-5-3-1-2-4-6(5)10/h1-3H,4H2. The van der Waals surface area contributed by atoms with Crippen LogP contribution in [0, 0.1) is 0 Å². The molecule has 4 heteroatoms. The second-order valence-electron chi connectivity index (χ2n) is 1.93. The highest BCUT2D eigenvalue weighted by Crippen LogP contribution is 2.12. The Balaban J connectivity index is 2.68. The van der Waals surface area contributed by atoms with Crippen molar-refractivity contribution in [3.05, 3.63) is 24.0 Å². The molecule has 1 aliphatic carbocycles. The highest BCUT2D eigenvalue weighted by atomic mass is 35.5. The van der Waals surface area contributed by atoms with Crippen molar-refractivity contribution < 1.29 is 4.74 Å². The molecule has 0 unspecified atom stereocenters. The number of thiocarbonyl (C=S) groups is 2. The maximum atomic E-state index is 5.36. The lowest BCUT2D eigenvalue weighted by Gasteiger charge is -2.08. The van der Waals surface area contributed by atoms with E-state index in [2.05, 4.69) is 12.2 Å². The predicted octanol–water partition coefficient (Wildman–Crippen LogP) is 2.74. The fourth-order valence-electron chi connectivity index (χ4n) is 0.701. The highest BCUT2D eigenvalue weighted by Gasteiger charge is 2.08. The van der Waals surface area contributed by atoms with Gasteiger partial charge in [-0.1, -0.05) is 24.4 Å². The van der Waals surface area contributed by atoms with Gasteiger partial charge in [0.15, 0.2) is 0 Å². The lowest BCUT2D eigenvalue weighted by Crippen LogP contribution is -2.06. The summed E-state index contributed by atoms with van der Waals surface area (Å²) in [5.74, 6) is 0.586. The van der Waals surface area contributed by atoms with Gasteiger partial charge in [0, 0.05) is 6.42 Å². The smallest absolute Gasteiger partial charge is 0.260 e. The molecule has 1 aliphatic rings. The summed E-state index contributed by atoms with van der Waals surface area (Å²) in [6.45, 7) is 0. The van der Waals surface area contributed by atoms with Gasteiger partial charge in [0.1, 0.15) is 5.76 Å². The number of halogens is 1. The fraction of sp³-hybridized carbons (Fsp3) is 0.143. The normalized spacial score (nSPS) is 16.1. The molecule has 0 amide bonds. The van der Waals surface area contributed by atoms with Crippen molar-refractivity contribution in [2.75, 3.05) is 0 Å². The van der Waals surface area contributed by atoms with E-state index in [1.807, 2.05) is 12.2 Å². The highest BCUT2D eigenvalue weighted by molar-refractivity contribution is 7.82. The summed E-state index contributed by atoms with van der Waals surface area (Å²) in [6.07, 6.45) is 6.29. The van der Waals surface area contributed by atoms with Crippen LogP contribution in [0.4, 0.5) is 0 Å². The van der Waals surface area contributed by atoms with Gasteiger partial charge in [-0.25, -0.2) is 0 Å². The molecule has 0 fully saturated rings. The molecule has 0 N–H and O–H groups in total. The van der Waals surface area contributed by atoms with E-state index < -0.39 is 0 Å². The Labute approximate surface area is 80.7 Å². The molecule has 0 aromatic rings. The third-order valence-corrected chi connectivity index (χ3v) is 1.68. The molecular weight excluding hydrogens is 200 g/mol. The maximum absolute atomic E-state index is 5.36. The monoisotopic (exact) mass is 204 g/mol. The SMILES string of the molecule is S=C(Cl)OC1=CC=CCC1=S. The molecule has 0 aromatic heterocycles. The van der Waals surface area contributed by atoms with Crippen LogP contribution >= 0.6 is 36.0 Å². The van der Waals surface area contributed by atoms with Crippen LogP contribution in [0.5, 0.6) is 0 Å². The van der Waals surface area contributed by atoms with Gasteiger partial charge < -0.3 is 4.74 Å². The Morgan fingerprint density at radius 2 is 2.36 bits per heavy atom. The molecule has 0 bridgehead atoms. The number of ether oxygens (including phenoxy) is 1.